The Morgan fingerprint density at radius 3 is 2.15 bits per heavy atom. The molecule has 0 heterocycles. The molecule has 0 aliphatic heterocycles. The van der Waals surface area contributed by atoms with Gasteiger partial charge in [-0.3, -0.25) is 4.52 Å². The highest BCUT2D eigenvalue weighted by Crippen LogP contribution is 2.57. The highest BCUT2D eigenvalue weighted by Gasteiger charge is 2.31. The van der Waals surface area contributed by atoms with Crippen molar-refractivity contribution in [1.82, 2.24) is 0 Å². The molecule has 0 aromatic rings. The maximum Gasteiger partial charge on any atom is 0.481 e. The number of rotatable bonds is 9. The monoisotopic (exact) mass is 328 g/mol. The summed E-state index contributed by atoms with van der Waals surface area (Å²) in [4.78, 5) is 25.8. The van der Waals surface area contributed by atoms with Gasteiger partial charge in [-0.1, -0.05) is 23.3 Å². The molecule has 0 spiro atoms. The zero-order chi connectivity index (χ0) is 15.8. The van der Waals surface area contributed by atoms with Crippen molar-refractivity contribution < 1.29 is 32.6 Å². The third kappa shape index (κ3) is 12.8. The summed E-state index contributed by atoms with van der Waals surface area (Å²) in [6.07, 6.45) is 6.11. The van der Waals surface area contributed by atoms with Crippen molar-refractivity contribution in [3.63, 3.8) is 0 Å². The molecule has 0 bridgehead atoms. The van der Waals surface area contributed by atoms with Crippen LogP contribution in [0.2, 0.25) is 0 Å². The van der Waals surface area contributed by atoms with E-state index < -0.39 is 15.6 Å². The molecule has 0 aromatic carbocycles. The summed E-state index contributed by atoms with van der Waals surface area (Å²) in [5.41, 5.74) is 2.35. The van der Waals surface area contributed by atoms with E-state index in [4.69, 9.17) is 14.7 Å². The number of hydrogen-bond donors (Lipinski definition) is 3. The summed E-state index contributed by atoms with van der Waals surface area (Å²) in [5, 5.41) is 0. The lowest BCUT2D eigenvalue weighted by Crippen LogP contribution is -1.95. The van der Waals surface area contributed by atoms with Crippen LogP contribution in [-0.2, 0) is 18.0 Å². The Labute approximate surface area is 119 Å². The van der Waals surface area contributed by atoms with E-state index in [0.717, 1.165) is 18.4 Å². The molecule has 0 saturated carbocycles. The van der Waals surface area contributed by atoms with Gasteiger partial charge in [0.15, 0.2) is 0 Å². The van der Waals surface area contributed by atoms with Crippen molar-refractivity contribution in [2.75, 3.05) is 6.61 Å². The van der Waals surface area contributed by atoms with Gasteiger partial charge in [0.2, 0.25) is 0 Å². The summed E-state index contributed by atoms with van der Waals surface area (Å²) >= 11 is 0. The van der Waals surface area contributed by atoms with Gasteiger partial charge < -0.3 is 14.7 Å². The Hall–Kier alpha value is -0.260. The topological polar surface area (TPSA) is 113 Å². The average Bonchev–Trinajstić information content (AvgIpc) is 2.20. The van der Waals surface area contributed by atoms with Crippen LogP contribution in [0, 0.1) is 0 Å². The first-order valence-corrected chi connectivity index (χ1v) is 9.07. The molecule has 118 valence electrons. The third-order valence-corrected chi connectivity index (χ3v) is 4.35. The standard InChI is InChI=1S/C11H22O7P2/c1-10(2)6-4-7-11(3)8-5-9-17-20(15,16)18-19(12,13)14/h6,8H,4-5,7,9H2,1-3H3,(H,15,16)(H2,12,13,14)/b11-8-. The number of phosphoric acid groups is 2. The second kappa shape index (κ2) is 8.90. The van der Waals surface area contributed by atoms with E-state index in [9.17, 15) is 9.13 Å². The van der Waals surface area contributed by atoms with Crippen molar-refractivity contribution in [2.24, 2.45) is 0 Å². The van der Waals surface area contributed by atoms with Crippen molar-refractivity contribution in [1.29, 1.82) is 0 Å². The molecule has 0 rings (SSSR count). The van der Waals surface area contributed by atoms with Crippen LogP contribution in [-0.4, -0.2) is 21.3 Å². The Morgan fingerprint density at radius 1 is 1.05 bits per heavy atom. The zero-order valence-corrected chi connectivity index (χ0v) is 13.6. The molecule has 20 heavy (non-hydrogen) atoms. The van der Waals surface area contributed by atoms with Crippen LogP contribution in [0.4, 0.5) is 0 Å². The van der Waals surface area contributed by atoms with Gasteiger partial charge in [-0.25, -0.2) is 9.13 Å². The Balaban J connectivity index is 4.03. The number of hydrogen-bond acceptors (Lipinski definition) is 4. The van der Waals surface area contributed by atoms with Crippen LogP contribution in [0.25, 0.3) is 0 Å². The molecule has 0 amide bonds. The average molecular weight is 328 g/mol. The van der Waals surface area contributed by atoms with Crippen LogP contribution in [0.15, 0.2) is 23.3 Å². The lowest BCUT2D eigenvalue weighted by Gasteiger charge is -2.11. The fourth-order valence-corrected chi connectivity index (χ4v) is 2.92. The first kappa shape index (κ1) is 19.7. The SMILES string of the molecule is CC(C)=CCC/C(C)=C\CCOP(=O)(O)OP(=O)(O)O. The van der Waals surface area contributed by atoms with E-state index in [0.29, 0.717) is 6.42 Å². The molecule has 3 N–H and O–H groups in total. The lowest BCUT2D eigenvalue weighted by molar-refractivity contribution is 0.180. The molecule has 1 atom stereocenters. The Morgan fingerprint density at radius 2 is 1.65 bits per heavy atom. The summed E-state index contributed by atoms with van der Waals surface area (Å²) < 4.78 is 29.6. The van der Waals surface area contributed by atoms with E-state index in [1.54, 1.807) is 0 Å². The molecular weight excluding hydrogens is 306 g/mol. The number of allylic oxidation sites excluding steroid dienone is 3. The predicted octanol–water partition coefficient (Wildman–Crippen LogP) is 3.30. The highest BCUT2D eigenvalue weighted by atomic mass is 31.3. The Bertz CT molecular complexity index is 446. The second-order valence-corrected chi connectivity index (χ2v) is 7.36. The van der Waals surface area contributed by atoms with Gasteiger partial charge in [0.05, 0.1) is 6.61 Å². The molecule has 0 radical (unpaired) electrons. The van der Waals surface area contributed by atoms with Crippen molar-refractivity contribution in [3.8, 4) is 0 Å². The molecule has 0 aliphatic rings. The van der Waals surface area contributed by atoms with Gasteiger partial charge in [0.25, 0.3) is 0 Å². The molecule has 0 fully saturated rings. The van der Waals surface area contributed by atoms with Crippen molar-refractivity contribution in [2.45, 2.75) is 40.0 Å². The van der Waals surface area contributed by atoms with Gasteiger partial charge in [-0.15, -0.1) is 0 Å². The van der Waals surface area contributed by atoms with Crippen LogP contribution < -0.4 is 0 Å². The van der Waals surface area contributed by atoms with E-state index >= 15 is 0 Å². The van der Waals surface area contributed by atoms with Gasteiger partial charge in [-0.2, -0.15) is 4.31 Å². The van der Waals surface area contributed by atoms with Crippen molar-refractivity contribution >= 4 is 15.6 Å². The zero-order valence-electron chi connectivity index (χ0n) is 11.9. The van der Waals surface area contributed by atoms with E-state index in [-0.39, 0.29) is 6.61 Å². The van der Waals surface area contributed by atoms with Crippen LogP contribution in [0.1, 0.15) is 40.0 Å². The molecule has 1 unspecified atom stereocenters. The molecule has 0 aromatic heterocycles. The van der Waals surface area contributed by atoms with Gasteiger partial charge in [0.1, 0.15) is 0 Å². The first-order chi connectivity index (χ1) is 9.02. The molecule has 7 nitrogen and oxygen atoms in total. The molecular formula is C11H22O7P2. The summed E-state index contributed by atoms with van der Waals surface area (Å²) in [5.74, 6) is 0. The largest absolute Gasteiger partial charge is 0.481 e. The molecule has 0 aliphatic carbocycles. The summed E-state index contributed by atoms with van der Waals surface area (Å²) in [7, 11) is -9.75. The van der Waals surface area contributed by atoms with Crippen molar-refractivity contribution in [3.05, 3.63) is 23.3 Å². The lowest BCUT2D eigenvalue weighted by atomic mass is 10.1. The van der Waals surface area contributed by atoms with E-state index in [2.05, 4.69) is 14.9 Å². The smallest absolute Gasteiger partial charge is 0.302 e. The number of phosphoric ester groups is 1. The Kier molecular flexibility index (Phi) is 8.79. The van der Waals surface area contributed by atoms with Gasteiger partial charge >= 0.3 is 15.6 Å². The van der Waals surface area contributed by atoms with Crippen LogP contribution in [0.3, 0.4) is 0 Å². The fraction of sp³-hybridized carbons (Fsp3) is 0.636. The molecule has 0 saturated heterocycles. The minimum absolute atomic E-state index is 0.159. The summed E-state index contributed by atoms with van der Waals surface area (Å²) in [6, 6.07) is 0. The quantitative estimate of drug-likeness (QED) is 0.338. The normalized spacial score (nSPS) is 15.8. The first-order valence-electron chi connectivity index (χ1n) is 6.05. The van der Waals surface area contributed by atoms with Crippen LogP contribution >= 0.6 is 15.6 Å². The highest BCUT2D eigenvalue weighted by molar-refractivity contribution is 7.60. The summed E-state index contributed by atoms with van der Waals surface area (Å²) in [6.45, 7) is 5.82. The molecule has 9 heteroatoms. The second-order valence-electron chi connectivity index (χ2n) is 4.53. The maximum absolute atomic E-state index is 11.1. The maximum atomic E-state index is 11.1. The van der Waals surface area contributed by atoms with Gasteiger partial charge in [0, 0.05) is 0 Å². The van der Waals surface area contributed by atoms with E-state index in [1.165, 1.54) is 5.57 Å². The van der Waals surface area contributed by atoms with E-state index in [1.807, 2.05) is 26.8 Å². The van der Waals surface area contributed by atoms with Crippen LogP contribution in [0.5, 0.6) is 0 Å². The minimum atomic E-state index is -5.04. The minimum Gasteiger partial charge on any atom is -0.302 e. The fourth-order valence-electron chi connectivity index (χ4n) is 1.32. The van der Waals surface area contributed by atoms with Gasteiger partial charge in [-0.05, 0) is 40.0 Å². The predicted molar refractivity (Wildman–Crippen MR) is 75.9 cm³/mol. The third-order valence-electron chi connectivity index (χ3n) is 2.17.